The normalized spacial score (nSPS) is 20.1. The first-order valence-electron chi connectivity index (χ1n) is 7.31. The Morgan fingerprint density at radius 2 is 2.16 bits per heavy atom. The van der Waals surface area contributed by atoms with Gasteiger partial charge in [0.1, 0.15) is 0 Å². The first kappa shape index (κ1) is 14.4. The highest BCUT2D eigenvalue weighted by molar-refractivity contribution is 5.50. The first-order valence-corrected chi connectivity index (χ1v) is 7.31. The molecule has 19 heavy (non-hydrogen) atoms. The van der Waals surface area contributed by atoms with E-state index in [0.29, 0.717) is 0 Å². The number of hydrogen-bond acceptors (Lipinski definition) is 3. The summed E-state index contributed by atoms with van der Waals surface area (Å²) in [5.41, 5.74) is 2.58. The Hall–Kier alpha value is -1.06. The Balaban J connectivity index is 1.66. The van der Waals surface area contributed by atoms with Crippen LogP contribution in [0.5, 0.6) is 0 Å². The Labute approximate surface area is 117 Å². The van der Waals surface area contributed by atoms with Crippen LogP contribution in [0.1, 0.15) is 12.0 Å². The molecule has 1 heterocycles. The highest BCUT2D eigenvalue weighted by Crippen LogP contribution is 2.15. The van der Waals surface area contributed by atoms with E-state index in [9.17, 15) is 0 Å². The lowest BCUT2D eigenvalue weighted by atomic mass is 10.1. The van der Waals surface area contributed by atoms with Crippen LogP contribution in [-0.4, -0.2) is 56.6 Å². The standard InChI is InChI=1S/C16H27N3/c1-14-6-4-5-7-16(14)17-9-11-19(3)13-15-8-10-18(2)12-15/h4-7,15,17H,8-13H2,1-3H3. The molecule has 1 aliphatic rings. The fourth-order valence-corrected chi connectivity index (χ4v) is 2.86. The highest BCUT2D eigenvalue weighted by atomic mass is 15.2. The molecule has 1 aromatic rings. The lowest BCUT2D eigenvalue weighted by Crippen LogP contribution is -2.31. The lowest BCUT2D eigenvalue weighted by Gasteiger charge is -2.21. The molecule has 0 radical (unpaired) electrons. The minimum absolute atomic E-state index is 0.855. The van der Waals surface area contributed by atoms with Crippen LogP contribution in [0.15, 0.2) is 24.3 Å². The molecule has 2 rings (SSSR count). The number of hydrogen-bond donors (Lipinski definition) is 1. The van der Waals surface area contributed by atoms with Crippen molar-refractivity contribution in [3.8, 4) is 0 Å². The van der Waals surface area contributed by atoms with Crippen LogP contribution >= 0.6 is 0 Å². The van der Waals surface area contributed by atoms with Gasteiger partial charge in [0.2, 0.25) is 0 Å². The molecule has 1 atom stereocenters. The van der Waals surface area contributed by atoms with Crippen LogP contribution < -0.4 is 5.32 Å². The predicted molar refractivity (Wildman–Crippen MR) is 82.8 cm³/mol. The van der Waals surface area contributed by atoms with Crippen LogP contribution in [0.3, 0.4) is 0 Å². The number of likely N-dealkylation sites (N-methyl/N-ethyl adjacent to an activating group) is 1. The summed E-state index contributed by atoms with van der Waals surface area (Å²) >= 11 is 0. The molecular formula is C16H27N3. The summed E-state index contributed by atoms with van der Waals surface area (Å²) < 4.78 is 0. The SMILES string of the molecule is Cc1ccccc1NCCN(C)CC1CCN(C)C1. The molecule has 1 aliphatic heterocycles. The van der Waals surface area contributed by atoms with Gasteiger partial charge in [-0.25, -0.2) is 0 Å². The molecule has 1 saturated heterocycles. The Bertz CT molecular complexity index is 391. The lowest BCUT2D eigenvalue weighted by molar-refractivity contribution is 0.281. The van der Waals surface area contributed by atoms with Crippen molar-refractivity contribution in [1.82, 2.24) is 9.80 Å². The van der Waals surface area contributed by atoms with Gasteiger partial charge in [0.15, 0.2) is 0 Å². The number of para-hydroxylation sites is 1. The van der Waals surface area contributed by atoms with E-state index in [-0.39, 0.29) is 0 Å². The molecule has 0 spiro atoms. The van der Waals surface area contributed by atoms with E-state index >= 15 is 0 Å². The average Bonchev–Trinajstić information content (AvgIpc) is 2.77. The van der Waals surface area contributed by atoms with Gasteiger partial charge < -0.3 is 15.1 Å². The molecular weight excluding hydrogens is 234 g/mol. The molecule has 3 nitrogen and oxygen atoms in total. The largest absolute Gasteiger partial charge is 0.384 e. The number of likely N-dealkylation sites (tertiary alicyclic amines) is 1. The maximum atomic E-state index is 3.53. The molecule has 1 aromatic carbocycles. The number of aryl methyl sites for hydroxylation is 1. The Morgan fingerprint density at radius 1 is 1.37 bits per heavy atom. The molecule has 0 saturated carbocycles. The monoisotopic (exact) mass is 261 g/mol. The number of anilines is 1. The van der Waals surface area contributed by atoms with Crippen LogP contribution in [0.4, 0.5) is 5.69 Å². The van der Waals surface area contributed by atoms with E-state index < -0.39 is 0 Å². The van der Waals surface area contributed by atoms with Crippen molar-refractivity contribution in [2.45, 2.75) is 13.3 Å². The smallest absolute Gasteiger partial charge is 0.0370 e. The van der Waals surface area contributed by atoms with Crippen LogP contribution in [0.25, 0.3) is 0 Å². The van der Waals surface area contributed by atoms with Gasteiger partial charge in [-0.2, -0.15) is 0 Å². The minimum atomic E-state index is 0.855. The molecule has 3 heteroatoms. The zero-order chi connectivity index (χ0) is 13.7. The molecule has 0 bridgehead atoms. The van der Waals surface area contributed by atoms with Gasteiger partial charge in [-0.1, -0.05) is 18.2 Å². The zero-order valence-electron chi connectivity index (χ0n) is 12.5. The van der Waals surface area contributed by atoms with Crippen molar-refractivity contribution in [3.63, 3.8) is 0 Å². The number of benzene rings is 1. The third-order valence-electron chi connectivity index (χ3n) is 4.01. The van der Waals surface area contributed by atoms with E-state index in [2.05, 4.69) is 60.4 Å². The maximum Gasteiger partial charge on any atom is 0.0370 e. The predicted octanol–water partition coefficient (Wildman–Crippen LogP) is 2.29. The average molecular weight is 261 g/mol. The number of nitrogens with one attached hydrogen (secondary N) is 1. The van der Waals surface area contributed by atoms with Crippen molar-refractivity contribution >= 4 is 5.69 Å². The second-order valence-electron chi connectivity index (χ2n) is 5.92. The maximum absolute atomic E-state index is 3.53. The van der Waals surface area contributed by atoms with E-state index in [0.717, 1.165) is 19.0 Å². The van der Waals surface area contributed by atoms with Gasteiger partial charge in [-0.3, -0.25) is 0 Å². The van der Waals surface area contributed by atoms with Crippen LogP contribution in [0.2, 0.25) is 0 Å². The van der Waals surface area contributed by atoms with Crippen molar-refractivity contribution < 1.29 is 0 Å². The summed E-state index contributed by atoms with van der Waals surface area (Å²) in [6.07, 6.45) is 1.35. The third kappa shape index (κ3) is 4.51. The topological polar surface area (TPSA) is 18.5 Å². The Morgan fingerprint density at radius 3 is 2.84 bits per heavy atom. The Kier molecular flexibility index (Phi) is 5.23. The minimum Gasteiger partial charge on any atom is -0.384 e. The van der Waals surface area contributed by atoms with Crippen molar-refractivity contribution in [1.29, 1.82) is 0 Å². The number of nitrogens with zero attached hydrogens (tertiary/aromatic N) is 2. The molecule has 0 aromatic heterocycles. The summed E-state index contributed by atoms with van der Waals surface area (Å²) in [6.45, 7) is 8.02. The van der Waals surface area contributed by atoms with E-state index in [1.807, 2.05) is 0 Å². The van der Waals surface area contributed by atoms with E-state index in [1.54, 1.807) is 0 Å². The molecule has 1 fully saturated rings. The summed E-state index contributed by atoms with van der Waals surface area (Å²) in [5, 5.41) is 3.53. The summed E-state index contributed by atoms with van der Waals surface area (Å²) in [5.74, 6) is 0.855. The van der Waals surface area contributed by atoms with Crippen LogP contribution in [0, 0.1) is 12.8 Å². The molecule has 0 amide bonds. The molecule has 1 N–H and O–H groups in total. The zero-order valence-corrected chi connectivity index (χ0v) is 12.5. The first-order chi connectivity index (χ1) is 9.15. The summed E-state index contributed by atoms with van der Waals surface area (Å²) in [6, 6.07) is 8.48. The van der Waals surface area contributed by atoms with Gasteiger partial charge in [-0.05, 0) is 51.5 Å². The van der Waals surface area contributed by atoms with E-state index in [1.165, 1.54) is 37.3 Å². The van der Waals surface area contributed by atoms with Gasteiger partial charge in [-0.15, -0.1) is 0 Å². The summed E-state index contributed by atoms with van der Waals surface area (Å²) in [4.78, 5) is 4.89. The molecule has 106 valence electrons. The molecule has 1 unspecified atom stereocenters. The van der Waals surface area contributed by atoms with Crippen LogP contribution in [-0.2, 0) is 0 Å². The second-order valence-corrected chi connectivity index (χ2v) is 5.92. The van der Waals surface area contributed by atoms with Crippen molar-refractivity contribution in [3.05, 3.63) is 29.8 Å². The third-order valence-corrected chi connectivity index (χ3v) is 4.01. The van der Waals surface area contributed by atoms with Gasteiger partial charge in [0.05, 0.1) is 0 Å². The van der Waals surface area contributed by atoms with E-state index in [4.69, 9.17) is 0 Å². The fraction of sp³-hybridized carbons (Fsp3) is 0.625. The summed E-state index contributed by atoms with van der Waals surface area (Å²) in [7, 11) is 4.46. The van der Waals surface area contributed by atoms with Gasteiger partial charge >= 0.3 is 0 Å². The van der Waals surface area contributed by atoms with Gasteiger partial charge in [0.25, 0.3) is 0 Å². The highest BCUT2D eigenvalue weighted by Gasteiger charge is 2.20. The van der Waals surface area contributed by atoms with Crippen molar-refractivity contribution in [2.75, 3.05) is 52.1 Å². The fourth-order valence-electron chi connectivity index (χ4n) is 2.86. The number of rotatable bonds is 6. The molecule has 0 aliphatic carbocycles. The quantitative estimate of drug-likeness (QED) is 0.847. The van der Waals surface area contributed by atoms with Gasteiger partial charge in [0, 0.05) is 31.9 Å². The second kappa shape index (κ2) is 6.92. The van der Waals surface area contributed by atoms with Crippen molar-refractivity contribution in [2.24, 2.45) is 5.92 Å².